The number of carbonyl (C=O) groups excluding carboxylic acids is 1. The largest absolute Gasteiger partial charge is 0.393 e. The van der Waals surface area contributed by atoms with Crippen molar-refractivity contribution < 1.29 is 14.3 Å². The third kappa shape index (κ3) is 3.20. The first-order valence-corrected chi connectivity index (χ1v) is 6.00. The fourth-order valence-electron chi connectivity index (χ4n) is 2.10. The zero-order valence-electron chi connectivity index (χ0n) is 10.3. The number of urea groups is 1. The fourth-order valence-corrected chi connectivity index (χ4v) is 2.10. The summed E-state index contributed by atoms with van der Waals surface area (Å²) in [7, 11) is 1.69. The molecule has 1 aromatic rings. The summed E-state index contributed by atoms with van der Waals surface area (Å²) in [5.74, 6) is -0.0131. The van der Waals surface area contributed by atoms with Gasteiger partial charge in [0.15, 0.2) is 0 Å². The van der Waals surface area contributed by atoms with Gasteiger partial charge in [-0.15, -0.1) is 0 Å². The molecule has 2 rings (SSSR count). The van der Waals surface area contributed by atoms with Crippen LogP contribution >= 0.6 is 0 Å². The van der Waals surface area contributed by atoms with Crippen LogP contribution in [0.15, 0.2) is 24.3 Å². The van der Waals surface area contributed by atoms with Crippen molar-refractivity contribution >= 4 is 11.7 Å². The van der Waals surface area contributed by atoms with E-state index in [-0.39, 0.29) is 18.0 Å². The van der Waals surface area contributed by atoms with E-state index < -0.39 is 0 Å². The standard InChI is InChI=1S/C13H17FN2O2/c1-16(8-9-5-12(17)6-9)13(18)15-11-4-2-3-10(14)7-11/h2-4,7,9,12,17H,5-6,8H2,1H3,(H,15,18). The van der Waals surface area contributed by atoms with Gasteiger partial charge in [-0.25, -0.2) is 9.18 Å². The lowest BCUT2D eigenvalue weighted by Gasteiger charge is -2.34. The molecule has 1 aromatic carbocycles. The molecule has 0 spiro atoms. The number of nitrogens with one attached hydrogen (secondary N) is 1. The molecule has 1 fully saturated rings. The second-order valence-electron chi connectivity index (χ2n) is 4.81. The molecule has 98 valence electrons. The number of aliphatic hydroxyl groups is 1. The van der Waals surface area contributed by atoms with Crippen LogP contribution < -0.4 is 5.32 Å². The number of amides is 2. The Kier molecular flexibility index (Phi) is 3.81. The average Bonchev–Trinajstić information content (AvgIpc) is 2.26. The van der Waals surface area contributed by atoms with Crippen LogP contribution in [0.5, 0.6) is 0 Å². The lowest BCUT2D eigenvalue weighted by atomic mass is 9.82. The molecule has 0 bridgehead atoms. The van der Waals surface area contributed by atoms with E-state index in [1.165, 1.54) is 12.1 Å². The van der Waals surface area contributed by atoms with Crippen LogP contribution in [0.4, 0.5) is 14.9 Å². The second-order valence-corrected chi connectivity index (χ2v) is 4.81. The minimum Gasteiger partial charge on any atom is -0.393 e. The molecule has 5 heteroatoms. The van der Waals surface area contributed by atoms with Crippen LogP contribution in [0.3, 0.4) is 0 Å². The van der Waals surface area contributed by atoms with Crippen molar-refractivity contribution in [1.82, 2.24) is 4.90 Å². The molecule has 0 aliphatic heterocycles. The van der Waals surface area contributed by atoms with Crippen LogP contribution in [0, 0.1) is 11.7 Å². The number of nitrogens with zero attached hydrogens (tertiary/aromatic N) is 1. The maximum atomic E-state index is 12.9. The Morgan fingerprint density at radius 3 is 2.89 bits per heavy atom. The summed E-state index contributed by atoms with van der Waals surface area (Å²) < 4.78 is 12.9. The van der Waals surface area contributed by atoms with E-state index in [1.54, 1.807) is 24.1 Å². The van der Waals surface area contributed by atoms with Crippen LogP contribution in [0.25, 0.3) is 0 Å². The van der Waals surface area contributed by atoms with Crippen molar-refractivity contribution in [1.29, 1.82) is 0 Å². The Labute approximate surface area is 105 Å². The minimum absolute atomic E-state index is 0.213. The lowest BCUT2D eigenvalue weighted by molar-refractivity contribution is 0.0332. The Hall–Kier alpha value is -1.62. The molecular weight excluding hydrogens is 235 g/mol. The molecule has 0 unspecified atom stereocenters. The highest BCUT2D eigenvalue weighted by Gasteiger charge is 2.29. The van der Waals surface area contributed by atoms with E-state index in [0.717, 1.165) is 12.8 Å². The van der Waals surface area contributed by atoms with Gasteiger partial charge in [0.1, 0.15) is 5.82 Å². The van der Waals surface area contributed by atoms with E-state index >= 15 is 0 Å². The quantitative estimate of drug-likeness (QED) is 0.865. The van der Waals surface area contributed by atoms with E-state index in [0.29, 0.717) is 18.2 Å². The Morgan fingerprint density at radius 1 is 1.56 bits per heavy atom. The highest BCUT2D eigenvalue weighted by molar-refractivity contribution is 5.89. The van der Waals surface area contributed by atoms with E-state index in [4.69, 9.17) is 0 Å². The monoisotopic (exact) mass is 252 g/mol. The first kappa shape index (κ1) is 12.8. The second kappa shape index (κ2) is 5.35. The van der Waals surface area contributed by atoms with Crippen LogP contribution in [-0.4, -0.2) is 35.7 Å². The van der Waals surface area contributed by atoms with Crippen molar-refractivity contribution in [3.63, 3.8) is 0 Å². The molecule has 0 atom stereocenters. The minimum atomic E-state index is -0.377. The molecule has 0 radical (unpaired) electrons. The Balaban J connectivity index is 1.83. The summed E-state index contributed by atoms with van der Waals surface area (Å²) in [4.78, 5) is 13.4. The van der Waals surface area contributed by atoms with Crippen molar-refractivity contribution in [3.05, 3.63) is 30.1 Å². The van der Waals surface area contributed by atoms with Crippen LogP contribution in [0.1, 0.15) is 12.8 Å². The number of benzene rings is 1. The molecule has 4 nitrogen and oxygen atoms in total. The number of anilines is 1. The first-order valence-electron chi connectivity index (χ1n) is 6.00. The molecular formula is C13H17FN2O2. The summed E-state index contributed by atoms with van der Waals surface area (Å²) in [6.07, 6.45) is 1.28. The maximum absolute atomic E-state index is 12.9. The summed E-state index contributed by atoms with van der Waals surface area (Å²) >= 11 is 0. The van der Waals surface area contributed by atoms with Gasteiger partial charge >= 0.3 is 6.03 Å². The fraction of sp³-hybridized carbons (Fsp3) is 0.462. The lowest BCUT2D eigenvalue weighted by Crippen LogP contribution is -2.41. The third-order valence-electron chi connectivity index (χ3n) is 3.17. The zero-order chi connectivity index (χ0) is 13.1. The zero-order valence-corrected chi connectivity index (χ0v) is 10.3. The summed E-state index contributed by atoms with van der Waals surface area (Å²) in [5, 5.41) is 11.8. The van der Waals surface area contributed by atoms with Gasteiger partial charge in [0, 0.05) is 19.3 Å². The van der Waals surface area contributed by atoms with Gasteiger partial charge in [0.05, 0.1) is 6.10 Å². The predicted octanol–water partition coefficient (Wildman–Crippen LogP) is 2.06. The van der Waals surface area contributed by atoms with Gasteiger partial charge in [-0.2, -0.15) is 0 Å². The number of halogens is 1. The molecule has 0 saturated heterocycles. The van der Waals surface area contributed by atoms with Crippen LogP contribution in [-0.2, 0) is 0 Å². The summed E-state index contributed by atoms with van der Waals surface area (Å²) in [5.41, 5.74) is 0.445. The van der Waals surface area contributed by atoms with Gasteiger partial charge < -0.3 is 15.3 Å². The van der Waals surface area contributed by atoms with E-state index in [1.807, 2.05) is 0 Å². The van der Waals surface area contributed by atoms with Gasteiger partial charge in [-0.1, -0.05) is 6.07 Å². The first-order chi connectivity index (χ1) is 8.54. The molecule has 1 aliphatic carbocycles. The summed E-state index contributed by atoms with van der Waals surface area (Å²) in [6.45, 7) is 0.609. The highest BCUT2D eigenvalue weighted by atomic mass is 19.1. The smallest absolute Gasteiger partial charge is 0.321 e. The van der Waals surface area contributed by atoms with Gasteiger partial charge in [0.25, 0.3) is 0 Å². The molecule has 1 saturated carbocycles. The summed E-state index contributed by atoms with van der Waals surface area (Å²) in [6, 6.07) is 5.53. The number of rotatable bonds is 3. The van der Waals surface area contributed by atoms with Crippen molar-refractivity contribution in [3.8, 4) is 0 Å². The third-order valence-corrected chi connectivity index (χ3v) is 3.17. The number of carbonyl (C=O) groups is 1. The number of hydrogen-bond donors (Lipinski definition) is 2. The molecule has 0 heterocycles. The topological polar surface area (TPSA) is 52.6 Å². The molecule has 0 aromatic heterocycles. The molecule has 1 aliphatic rings. The van der Waals surface area contributed by atoms with Gasteiger partial charge in [-0.05, 0) is 37.0 Å². The predicted molar refractivity (Wildman–Crippen MR) is 66.8 cm³/mol. The SMILES string of the molecule is CN(CC1CC(O)C1)C(=O)Nc1cccc(F)c1. The van der Waals surface area contributed by atoms with Crippen molar-refractivity contribution in [2.24, 2.45) is 5.92 Å². The van der Waals surface area contributed by atoms with Crippen LogP contribution in [0.2, 0.25) is 0 Å². The molecule has 2 amide bonds. The number of hydrogen-bond acceptors (Lipinski definition) is 2. The maximum Gasteiger partial charge on any atom is 0.321 e. The van der Waals surface area contributed by atoms with Crippen molar-refractivity contribution in [2.45, 2.75) is 18.9 Å². The van der Waals surface area contributed by atoms with E-state index in [9.17, 15) is 14.3 Å². The van der Waals surface area contributed by atoms with Gasteiger partial charge in [-0.3, -0.25) is 0 Å². The average molecular weight is 252 g/mol. The van der Waals surface area contributed by atoms with Crippen molar-refractivity contribution in [2.75, 3.05) is 18.9 Å². The Bertz CT molecular complexity index is 433. The number of aliphatic hydroxyl groups excluding tert-OH is 1. The highest BCUT2D eigenvalue weighted by Crippen LogP contribution is 2.27. The molecule has 18 heavy (non-hydrogen) atoms. The van der Waals surface area contributed by atoms with Gasteiger partial charge in [0.2, 0.25) is 0 Å². The molecule has 2 N–H and O–H groups in total. The normalized spacial score (nSPS) is 22.2. The Morgan fingerprint density at radius 2 is 2.28 bits per heavy atom. The van der Waals surface area contributed by atoms with E-state index in [2.05, 4.69) is 5.32 Å².